The van der Waals surface area contributed by atoms with Crippen LogP contribution in [0.1, 0.15) is 32.6 Å². The van der Waals surface area contributed by atoms with Gasteiger partial charge in [-0.25, -0.2) is 0 Å². The number of nitrogens with one attached hydrogen (secondary N) is 1. The molecule has 1 aliphatic heterocycles. The van der Waals surface area contributed by atoms with E-state index in [4.69, 9.17) is 0 Å². The minimum atomic E-state index is 0.103. The molecule has 1 heterocycles. The van der Waals surface area contributed by atoms with Crippen LogP contribution in [0.5, 0.6) is 0 Å². The quantitative estimate of drug-likeness (QED) is 0.782. The third-order valence-electron chi connectivity index (χ3n) is 3.97. The third-order valence-corrected chi connectivity index (χ3v) is 3.97. The lowest BCUT2D eigenvalue weighted by Crippen LogP contribution is -2.52. The van der Waals surface area contributed by atoms with Crippen molar-refractivity contribution >= 4 is 11.8 Å². The Kier molecular flexibility index (Phi) is 4.58. The molecule has 0 aromatic rings. The summed E-state index contributed by atoms with van der Waals surface area (Å²) in [5.74, 6) is 0.274. The summed E-state index contributed by atoms with van der Waals surface area (Å²) < 4.78 is 0. The van der Waals surface area contributed by atoms with Gasteiger partial charge in [0.2, 0.25) is 11.8 Å². The van der Waals surface area contributed by atoms with Gasteiger partial charge >= 0.3 is 0 Å². The second kappa shape index (κ2) is 6.18. The SMILES string of the molecule is CC(=O)N1CCN(C(=O)CNC2CCCC2)CC1. The molecule has 2 aliphatic rings. The smallest absolute Gasteiger partial charge is 0.236 e. The van der Waals surface area contributed by atoms with Crippen LogP contribution >= 0.6 is 0 Å². The number of carbonyl (C=O) groups excluding carboxylic acids is 2. The van der Waals surface area contributed by atoms with E-state index in [9.17, 15) is 9.59 Å². The van der Waals surface area contributed by atoms with E-state index in [1.54, 1.807) is 11.8 Å². The molecule has 2 fully saturated rings. The molecule has 5 nitrogen and oxygen atoms in total. The summed E-state index contributed by atoms with van der Waals surface area (Å²) in [5.41, 5.74) is 0. The maximum absolute atomic E-state index is 12.0. The van der Waals surface area contributed by atoms with Gasteiger partial charge in [0.1, 0.15) is 0 Å². The van der Waals surface area contributed by atoms with Gasteiger partial charge in [-0.1, -0.05) is 12.8 Å². The van der Waals surface area contributed by atoms with Crippen LogP contribution in [0.15, 0.2) is 0 Å². The standard InChI is InChI=1S/C13H23N3O2/c1-11(17)15-6-8-16(9-7-15)13(18)10-14-12-4-2-3-5-12/h12,14H,2-10H2,1H3. The molecule has 0 atom stereocenters. The number of rotatable bonds is 3. The second-order valence-corrected chi connectivity index (χ2v) is 5.25. The maximum Gasteiger partial charge on any atom is 0.236 e. The lowest BCUT2D eigenvalue weighted by molar-refractivity contribution is -0.137. The average Bonchev–Trinajstić information content (AvgIpc) is 2.89. The molecule has 1 saturated heterocycles. The van der Waals surface area contributed by atoms with Crippen molar-refractivity contribution in [3.05, 3.63) is 0 Å². The van der Waals surface area contributed by atoms with E-state index < -0.39 is 0 Å². The minimum Gasteiger partial charge on any atom is -0.339 e. The predicted octanol–water partition coefficient (Wildman–Crippen LogP) is 0.209. The summed E-state index contributed by atoms with van der Waals surface area (Å²) in [7, 11) is 0. The van der Waals surface area contributed by atoms with Gasteiger partial charge in [-0.15, -0.1) is 0 Å². The summed E-state index contributed by atoms with van der Waals surface area (Å²) in [6.45, 7) is 4.72. The fourth-order valence-electron chi connectivity index (χ4n) is 2.74. The van der Waals surface area contributed by atoms with Gasteiger partial charge in [0.15, 0.2) is 0 Å². The van der Waals surface area contributed by atoms with Gasteiger partial charge in [0.25, 0.3) is 0 Å². The largest absolute Gasteiger partial charge is 0.339 e. The highest BCUT2D eigenvalue weighted by molar-refractivity contribution is 5.79. The van der Waals surface area contributed by atoms with Gasteiger partial charge in [0, 0.05) is 39.1 Å². The Morgan fingerprint density at radius 2 is 1.61 bits per heavy atom. The minimum absolute atomic E-state index is 0.103. The van der Waals surface area contributed by atoms with E-state index >= 15 is 0 Å². The van der Waals surface area contributed by atoms with Crippen LogP contribution in [0.25, 0.3) is 0 Å². The van der Waals surface area contributed by atoms with E-state index in [-0.39, 0.29) is 11.8 Å². The zero-order valence-corrected chi connectivity index (χ0v) is 11.2. The van der Waals surface area contributed by atoms with Crippen LogP contribution in [-0.2, 0) is 9.59 Å². The Labute approximate surface area is 108 Å². The summed E-state index contributed by atoms with van der Waals surface area (Å²) >= 11 is 0. The Bertz CT molecular complexity index is 305. The fraction of sp³-hybridized carbons (Fsp3) is 0.846. The van der Waals surface area contributed by atoms with E-state index in [1.807, 2.05) is 4.90 Å². The molecular formula is C13H23N3O2. The van der Waals surface area contributed by atoms with Crippen LogP contribution in [0.3, 0.4) is 0 Å². The molecule has 0 spiro atoms. The first kappa shape index (κ1) is 13.3. The zero-order valence-electron chi connectivity index (χ0n) is 11.2. The van der Waals surface area contributed by atoms with Gasteiger partial charge in [-0.2, -0.15) is 0 Å². The van der Waals surface area contributed by atoms with E-state index in [1.165, 1.54) is 25.7 Å². The molecule has 1 N–H and O–H groups in total. The molecule has 0 radical (unpaired) electrons. The van der Waals surface area contributed by atoms with Gasteiger partial charge in [-0.05, 0) is 12.8 Å². The molecule has 18 heavy (non-hydrogen) atoms. The molecular weight excluding hydrogens is 230 g/mol. The first-order valence-corrected chi connectivity index (χ1v) is 6.93. The van der Waals surface area contributed by atoms with Crippen LogP contribution in [-0.4, -0.2) is 60.4 Å². The van der Waals surface area contributed by atoms with E-state index in [0.717, 1.165) is 0 Å². The summed E-state index contributed by atoms with van der Waals surface area (Å²) in [6.07, 6.45) is 4.96. The zero-order chi connectivity index (χ0) is 13.0. The topological polar surface area (TPSA) is 52.7 Å². The Morgan fingerprint density at radius 3 is 2.17 bits per heavy atom. The van der Waals surface area contributed by atoms with Gasteiger partial charge in [-0.3, -0.25) is 9.59 Å². The molecule has 1 aliphatic carbocycles. The normalized spacial score (nSPS) is 21.4. The fourth-order valence-corrected chi connectivity index (χ4v) is 2.74. The van der Waals surface area contributed by atoms with Gasteiger partial charge < -0.3 is 15.1 Å². The first-order valence-electron chi connectivity index (χ1n) is 6.93. The molecule has 5 heteroatoms. The lowest BCUT2D eigenvalue weighted by Gasteiger charge is -2.34. The van der Waals surface area contributed by atoms with Crippen molar-refractivity contribution in [1.29, 1.82) is 0 Å². The van der Waals surface area contributed by atoms with Crippen LogP contribution < -0.4 is 5.32 Å². The number of carbonyl (C=O) groups is 2. The van der Waals surface area contributed by atoms with Crippen molar-refractivity contribution in [3.63, 3.8) is 0 Å². The molecule has 102 valence electrons. The lowest BCUT2D eigenvalue weighted by atomic mass is 10.2. The number of amides is 2. The van der Waals surface area contributed by atoms with Crippen molar-refractivity contribution in [2.24, 2.45) is 0 Å². The van der Waals surface area contributed by atoms with E-state index in [0.29, 0.717) is 38.8 Å². The predicted molar refractivity (Wildman–Crippen MR) is 69.1 cm³/mol. The summed E-state index contributed by atoms with van der Waals surface area (Å²) in [5, 5.41) is 3.34. The number of hydrogen-bond donors (Lipinski definition) is 1. The number of piperazine rings is 1. The molecule has 0 aromatic heterocycles. The van der Waals surface area contributed by atoms with Gasteiger partial charge in [0.05, 0.1) is 6.54 Å². The van der Waals surface area contributed by atoms with Crippen LogP contribution in [0.4, 0.5) is 0 Å². The molecule has 0 unspecified atom stereocenters. The highest BCUT2D eigenvalue weighted by atomic mass is 16.2. The van der Waals surface area contributed by atoms with E-state index in [2.05, 4.69) is 5.32 Å². The number of nitrogens with zero attached hydrogens (tertiary/aromatic N) is 2. The van der Waals surface area contributed by atoms with Crippen molar-refractivity contribution in [2.75, 3.05) is 32.7 Å². The Balaban J connectivity index is 1.68. The molecule has 0 bridgehead atoms. The summed E-state index contributed by atoms with van der Waals surface area (Å²) in [4.78, 5) is 26.8. The molecule has 2 rings (SSSR count). The van der Waals surface area contributed by atoms with Crippen LogP contribution in [0, 0.1) is 0 Å². The highest BCUT2D eigenvalue weighted by Crippen LogP contribution is 2.17. The van der Waals surface area contributed by atoms with Crippen molar-refractivity contribution in [2.45, 2.75) is 38.6 Å². The van der Waals surface area contributed by atoms with Crippen LogP contribution in [0.2, 0.25) is 0 Å². The number of hydrogen-bond acceptors (Lipinski definition) is 3. The van der Waals surface area contributed by atoms with Crippen molar-refractivity contribution in [3.8, 4) is 0 Å². The summed E-state index contributed by atoms with van der Waals surface area (Å²) in [6, 6.07) is 0.535. The molecule has 0 aromatic carbocycles. The monoisotopic (exact) mass is 253 g/mol. The molecule has 2 amide bonds. The Hall–Kier alpha value is -1.10. The highest BCUT2D eigenvalue weighted by Gasteiger charge is 2.23. The first-order chi connectivity index (χ1) is 8.66. The average molecular weight is 253 g/mol. The third kappa shape index (κ3) is 3.45. The molecule has 1 saturated carbocycles. The van der Waals surface area contributed by atoms with Crippen molar-refractivity contribution < 1.29 is 9.59 Å². The maximum atomic E-state index is 12.0. The van der Waals surface area contributed by atoms with Crippen molar-refractivity contribution in [1.82, 2.24) is 15.1 Å². The Morgan fingerprint density at radius 1 is 1.06 bits per heavy atom. The second-order valence-electron chi connectivity index (χ2n) is 5.25.